The Morgan fingerprint density at radius 3 is 2.84 bits per heavy atom. The zero-order valence-electron chi connectivity index (χ0n) is 10.1. The number of fused-ring (bicyclic) bond motifs is 1. The second-order valence-electron chi connectivity index (χ2n) is 4.69. The smallest absolute Gasteiger partial charge is 0.338 e. The minimum absolute atomic E-state index is 0.119. The summed E-state index contributed by atoms with van der Waals surface area (Å²) >= 11 is 0. The van der Waals surface area contributed by atoms with Crippen molar-refractivity contribution < 1.29 is 19.1 Å². The number of primary amides is 1. The van der Waals surface area contributed by atoms with E-state index in [1.54, 1.807) is 18.2 Å². The maximum Gasteiger partial charge on any atom is 0.338 e. The number of benzene rings is 1. The predicted molar refractivity (Wildman–Crippen MR) is 65.2 cm³/mol. The van der Waals surface area contributed by atoms with Crippen LogP contribution in [0.5, 0.6) is 0 Å². The van der Waals surface area contributed by atoms with Gasteiger partial charge < -0.3 is 15.4 Å². The number of hydrogen-bond acceptors (Lipinski definition) is 4. The lowest BCUT2D eigenvalue weighted by atomic mass is 10.1. The lowest BCUT2D eigenvalue weighted by molar-refractivity contribution is -0.123. The Morgan fingerprint density at radius 1 is 1.37 bits per heavy atom. The first-order valence-electron chi connectivity index (χ1n) is 5.96. The maximum absolute atomic E-state index is 12.0. The summed E-state index contributed by atoms with van der Waals surface area (Å²) in [7, 11) is 0. The van der Waals surface area contributed by atoms with Crippen LogP contribution in [0.2, 0.25) is 0 Å². The molecule has 1 aromatic rings. The first-order chi connectivity index (χ1) is 9.08. The molecule has 0 aromatic heterocycles. The Balaban J connectivity index is 1.98. The third-order valence-electron chi connectivity index (χ3n) is 3.54. The minimum Gasteiger partial charge on any atom is -0.457 e. The normalized spacial score (nSPS) is 21.5. The first kappa shape index (κ1) is 11.7. The molecule has 1 saturated heterocycles. The van der Waals surface area contributed by atoms with E-state index >= 15 is 0 Å². The van der Waals surface area contributed by atoms with Crippen molar-refractivity contribution in [3.05, 3.63) is 29.3 Å². The quantitative estimate of drug-likeness (QED) is 0.769. The number of ether oxygens (including phenoxy) is 1. The number of nitrogens with zero attached hydrogens (tertiary/aromatic N) is 1. The molecule has 2 amide bonds. The van der Waals surface area contributed by atoms with E-state index in [1.807, 2.05) is 0 Å². The number of carbonyl (C=O) groups excluding carboxylic acids is 3. The van der Waals surface area contributed by atoms with Crippen molar-refractivity contribution in [3.63, 3.8) is 0 Å². The van der Waals surface area contributed by atoms with Gasteiger partial charge in [0, 0.05) is 18.5 Å². The highest BCUT2D eigenvalue weighted by molar-refractivity contribution is 6.03. The summed E-state index contributed by atoms with van der Waals surface area (Å²) in [6.07, 6.45) is 0.119. The van der Waals surface area contributed by atoms with Gasteiger partial charge in [-0.1, -0.05) is 6.07 Å². The summed E-state index contributed by atoms with van der Waals surface area (Å²) in [5.41, 5.74) is 7.05. The third kappa shape index (κ3) is 1.76. The fraction of sp³-hybridized carbons (Fsp3) is 0.308. The van der Waals surface area contributed by atoms with E-state index in [1.165, 1.54) is 4.90 Å². The molecule has 0 spiro atoms. The van der Waals surface area contributed by atoms with Crippen molar-refractivity contribution in [2.75, 3.05) is 11.4 Å². The molecule has 0 aliphatic carbocycles. The molecule has 1 atom stereocenters. The molecule has 1 fully saturated rings. The topological polar surface area (TPSA) is 89.7 Å². The molecule has 2 aliphatic heterocycles. The fourth-order valence-corrected chi connectivity index (χ4v) is 2.52. The summed E-state index contributed by atoms with van der Waals surface area (Å²) in [4.78, 5) is 36.1. The summed E-state index contributed by atoms with van der Waals surface area (Å²) in [6, 6.07) is 5.12. The van der Waals surface area contributed by atoms with Crippen LogP contribution < -0.4 is 10.6 Å². The summed E-state index contributed by atoms with van der Waals surface area (Å²) in [5, 5.41) is 0. The number of esters is 1. The largest absolute Gasteiger partial charge is 0.457 e. The number of amides is 2. The maximum atomic E-state index is 12.0. The molecule has 0 bridgehead atoms. The summed E-state index contributed by atoms with van der Waals surface area (Å²) in [6.45, 7) is 0.425. The second kappa shape index (κ2) is 4.08. The van der Waals surface area contributed by atoms with E-state index in [4.69, 9.17) is 10.5 Å². The molecular weight excluding hydrogens is 248 g/mol. The minimum atomic E-state index is -0.476. The molecule has 3 rings (SSSR count). The van der Waals surface area contributed by atoms with Crippen LogP contribution in [0, 0.1) is 5.92 Å². The SMILES string of the molecule is NC(=O)C1CC(=O)N(c2cccc3c2COC3=O)C1. The van der Waals surface area contributed by atoms with Gasteiger partial charge in [-0.25, -0.2) is 4.79 Å². The van der Waals surface area contributed by atoms with Gasteiger partial charge in [-0.15, -0.1) is 0 Å². The van der Waals surface area contributed by atoms with Gasteiger partial charge in [0.1, 0.15) is 6.61 Å². The van der Waals surface area contributed by atoms with Gasteiger partial charge in [-0.05, 0) is 12.1 Å². The van der Waals surface area contributed by atoms with Crippen molar-refractivity contribution in [1.82, 2.24) is 0 Å². The highest BCUT2D eigenvalue weighted by atomic mass is 16.5. The van der Waals surface area contributed by atoms with Gasteiger partial charge in [0.15, 0.2) is 0 Å². The van der Waals surface area contributed by atoms with Gasteiger partial charge in [-0.3, -0.25) is 9.59 Å². The second-order valence-corrected chi connectivity index (χ2v) is 4.69. The van der Waals surface area contributed by atoms with Gasteiger partial charge in [0.05, 0.1) is 17.2 Å². The molecule has 2 N–H and O–H groups in total. The highest BCUT2D eigenvalue weighted by Crippen LogP contribution is 2.33. The lowest BCUT2D eigenvalue weighted by Gasteiger charge is -2.18. The van der Waals surface area contributed by atoms with Crippen LogP contribution in [0.15, 0.2) is 18.2 Å². The van der Waals surface area contributed by atoms with Crippen LogP contribution in [-0.4, -0.2) is 24.3 Å². The van der Waals surface area contributed by atoms with Crippen LogP contribution in [0.25, 0.3) is 0 Å². The van der Waals surface area contributed by atoms with Gasteiger partial charge >= 0.3 is 5.97 Å². The zero-order chi connectivity index (χ0) is 13.6. The molecule has 2 heterocycles. The Labute approximate surface area is 109 Å². The predicted octanol–water partition coefficient (Wildman–Crippen LogP) is 0.195. The van der Waals surface area contributed by atoms with E-state index < -0.39 is 11.8 Å². The molecule has 0 radical (unpaired) electrons. The van der Waals surface area contributed by atoms with E-state index in [2.05, 4.69) is 0 Å². The number of rotatable bonds is 2. The van der Waals surface area contributed by atoms with Gasteiger partial charge in [0.2, 0.25) is 11.8 Å². The number of cyclic esters (lactones) is 1. The molecular formula is C13H12N2O4. The average Bonchev–Trinajstić information content (AvgIpc) is 2.94. The van der Waals surface area contributed by atoms with Gasteiger partial charge in [-0.2, -0.15) is 0 Å². The van der Waals surface area contributed by atoms with Crippen molar-refractivity contribution in [3.8, 4) is 0 Å². The standard InChI is InChI=1S/C13H12N2O4/c14-12(17)7-4-11(16)15(5-7)10-3-1-2-8-9(10)6-19-13(8)18/h1-3,7H,4-6H2,(H2,14,17). The van der Waals surface area contributed by atoms with E-state index in [-0.39, 0.29) is 31.4 Å². The number of nitrogens with two attached hydrogens (primary N) is 1. The van der Waals surface area contributed by atoms with E-state index in [0.29, 0.717) is 16.8 Å². The average molecular weight is 260 g/mol. The molecule has 0 saturated carbocycles. The molecule has 19 heavy (non-hydrogen) atoms. The van der Waals surface area contributed by atoms with Crippen molar-refractivity contribution >= 4 is 23.5 Å². The Bertz CT molecular complexity index is 596. The molecule has 1 unspecified atom stereocenters. The third-order valence-corrected chi connectivity index (χ3v) is 3.54. The Kier molecular flexibility index (Phi) is 2.51. The molecule has 6 nitrogen and oxygen atoms in total. The van der Waals surface area contributed by atoms with Gasteiger partial charge in [0.25, 0.3) is 0 Å². The molecule has 6 heteroatoms. The van der Waals surface area contributed by atoms with Crippen LogP contribution >= 0.6 is 0 Å². The van der Waals surface area contributed by atoms with Crippen LogP contribution in [0.1, 0.15) is 22.3 Å². The van der Waals surface area contributed by atoms with Crippen LogP contribution in [-0.2, 0) is 20.9 Å². The van der Waals surface area contributed by atoms with Crippen molar-refractivity contribution in [1.29, 1.82) is 0 Å². The monoisotopic (exact) mass is 260 g/mol. The summed E-state index contributed by atoms with van der Waals surface area (Å²) < 4.78 is 4.96. The highest BCUT2D eigenvalue weighted by Gasteiger charge is 2.36. The number of hydrogen-bond donors (Lipinski definition) is 1. The molecule has 1 aromatic carbocycles. The Morgan fingerprint density at radius 2 is 2.16 bits per heavy atom. The van der Waals surface area contributed by atoms with E-state index in [9.17, 15) is 14.4 Å². The van der Waals surface area contributed by atoms with Crippen LogP contribution in [0.3, 0.4) is 0 Å². The molecule has 98 valence electrons. The Hall–Kier alpha value is -2.37. The fourth-order valence-electron chi connectivity index (χ4n) is 2.52. The number of anilines is 1. The number of carbonyl (C=O) groups is 3. The molecule has 2 aliphatic rings. The van der Waals surface area contributed by atoms with E-state index in [0.717, 1.165) is 0 Å². The van der Waals surface area contributed by atoms with Crippen molar-refractivity contribution in [2.24, 2.45) is 11.7 Å². The first-order valence-corrected chi connectivity index (χ1v) is 5.96. The lowest BCUT2D eigenvalue weighted by Crippen LogP contribution is -2.29. The van der Waals surface area contributed by atoms with Crippen LogP contribution in [0.4, 0.5) is 5.69 Å². The van der Waals surface area contributed by atoms with Crippen molar-refractivity contribution in [2.45, 2.75) is 13.0 Å². The zero-order valence-corrected chi connectivity index (χ0v) is 10.1. The summed E-state index contributed by atoms with van der Waals surface area (Å²) in [5.74, 6) is -1.48.